The predicted octanol–water partition coefficient (Wildman–Crippen LogP) is 10.6. The van der Waals surface area contributed by atoms with Crippen molar-refractivity contribution < 1.29 is 8.97 Å². The molecule has 0 aromatic carbocycles. The second-order valence-electron chi connectivity index (χ2n) is 11.5. The van der Waals surface area contributed by atoms with Crippen molar-refractivity contribution in [2.75, 3.05) is 52.4 Å². The van der Waals surface area contributed by atoms with Gasteiger partial charge in [0.05, 0.1) is 52.4 Å². The van der Waals surface area contributed by atoms with Gasteiger partial charge in [0.15, 0.2) is 0 Å². The monoisotopic (exact) mass is 567 g/mol. The molecule has 0 bridgehead atoms. The lowest BCUT2D eigenvalue weighted by atomic mass is 10.1. The van der Waals surface area contributed by atoms with E-state index in [1.54, 1.807) is 0 Å². The molecule has 0 unspecified atom stereocenters. The van der Waals surface area contributed by atoms with E-state index in [1.807, 2.05) is 0 Å². The van der Waals surface area contributed by atoms with Crippen LogP contribution in [0.15, 0.2) is 0 Å². The first-order chi connectivity index (χ1) is 19.3. The van der Waals surface area contributed by atoms with E-state index in [-0.39, 0.29) is 0 Å². The van der Waals surface area contributed by atoms with E-state index < -0.39 is 0 Å². The van der Waals surface area contributed by atoms with Crippen molar-refractivity contribution in [3.8, 4) is 0 Å². The number of rotatable bonds is 24. The lowest BCUT2D eigenvalue weighted by Crippen LogP contribution is -2.50. The zero-order valence-corrected chi connectivity index (χ0v) is 28.8. The van der Waals surface area contributed by atoms with Gasteiger partial charge in [-0.2, -0.15) is 12.0 Å². The van der Waals surface area contributed by atoms with E-state index in [2.05, 4.69) is 55.4 Å². The summed E-state index contributed by atoms with van der Waals surface area (Å²) >= 11 is 0. The van der Waals surface area contributed by atoms with Crippen LogP contribution in [-0.4, -0.2) is 73.3 Å². The molecule has 240 valence electrons. The van der Waals surface area contributed by atoms with Crippen LogP contribution in [0.5, 0.6) is 0 Å². The van der Waals surface area contributed by atoms with Crippen molar-refractivity contribution in [2.24, 2.45) is 0 Å². The van der Waals surface area contributed by atoms with Gasteiger partial charge in [0.25, 0.3) is 0 Å². The third kappa shape index (κ3) is 31.2. The van der Waals surface area contributed by atoms with Crippen LogP contribution in [0.25, 0.3) is 10.8 Å². The Labute approximate surface area is 252 Å². The van der Waals surface area contributed by atoms with E-state index in [9.17, 15) is 0 Å². The maximum Gasteiger partial charge on any atom is 0.0786 e. The van der Waals surface area contributed by atoms with Crippen molar-refractivity contribution in [3.05, 3.63) is 10.8 Å². The molecule has 0 aromatic heterocycles. The second-order valence-corrected chi connectivity index (χ2v) is 11.5. The van der Waals surface area contributed by atoms with Crippen molar-refractivity contribution in [1.82, 2.24) is 0 Å². The Balaban J connectivity index is -0.000000270. The Morgan fingerprint density at radius 1 is 0.350 bits per heavy atom. The van der Waals surface area contributed by atoms with Crippen LogP contribution in [-0.2, 0) is 0 Å². The van der Waals surface area contributed by atoms with Gasteiger partial charge in [-0.1, -0.05) is 107 Å². The maximum atomic E-state index is 6.99. The number of nitrogens with one attached hydrogen (secondary N) is 2. The number of unbranched alkanes of at least 4 members (excludes halogenated alkanes) is 8. The fourth-order valence-corrected chi connectivity index (χ4v) is 5.29. The van der Waals surface area contributed by atoms with Crippen LogP contribution < -0.4 is 0 Å². The molecule has 0 aromatic rings. The molecule has 0 fully saturated rings. The third-order valence-electron chi connectivity index (χ3n) is 7.89. The van der Waals surface area contributed by atoms with Crippen LogP contribution in [0.3, 0.4) is 0 Å². The number of hydrogen-bond donors (Lipinski definition) is 2. The van der Waals surface area contributed by atoms with Crippen LogP contribution in [0.1, 0.15) is 158 Å². The molecule has 0 heterocycles. The van der Waals surface area contributed by atoms with Gasteiger partial charge in [0.1, 0.15) is 0 Å². The van der Waals surface area contributed by atoms with Crippen molar-refractivity contribution >= 4 is 12.0 Å². The standard InChI is InChI=1S/2C16H36N.2CHN2/c2*1-5-9-13-17(14-10-6-2,15-11-7-3)16-12-8-4;2*2-1-3/h2*5-16H2,1-4H3;2*2H/q2*+1;2*-1. The average molecular weight is 567 g/mol. The van der Waals surface area contributed by atoms with Crippen molar-refractivity contribution in [3.63, 3.8) is 0 Å². The first-order valence-electron chi connectivity index (χ1n) is 17.1. The molecule has 6 nitrogen and oxygen atoms in total. The highest BCUT2D eigenvalue weighted by molar-refractivity contribution is 5.39. The Hall–Kier alpha value is -1.32. The van der Waals surface area contributed by atoms with Gasteiger partial charge in [-0.25, -0.2) is 0 Å². The zero-order chi connectivity index (χ0) is 31.4. The van der Waals surface area contributed by atoms with Crippen molar-refractivity contribution in [2.45, 2.75) is 158 Å². The number of nitrogens with zero attached hydrogens (tertiary/aromatic N) is 4. The SMILES string of the molecule is CCCC[N+](CCCC)(CCCC)CCCC.CCCC[N+](CCCC)(CCCC)CCCC.[N-]=C=N.[N-]=C=N. The fourth-order valence-electron chi connectivity index (χ4n) is 5.29. The van der Waals surface area contributed by atoms with E-state index in [0.717, 1.165) is 12.0 Å². The average Bonchev–Trinajstić information content (AvgIpc) is 2.97. The first-order valence-corrected chi connectivity index (χ1v) is 17.1. The molecule has 0 radical (unpaired) electrons. The minimum atomic E-state index is 1.00. The van der Waals surface area contributed by atoms with Crippen LogP contribution in [0, 0.1) is 10.8 Å². The molecule has 0 atom stereocenters. The summed E-state index contributed by atoms with van der Waals surface area (Å²) in [5.41, 5.74) is 0. The second kappa shape index (κ2) is 37.7. The molecular weight excluding hydrogens is 492 g/mol. The molecule has 40 heavy (non-hydrogen) atoms. The molecule has 6 heteroatoms. The molecule has 0 saturated carbocycles. The van der Waals surface area contributed by atoms with Crippen LogP contribution in [0.4, 0.5) is 0 Å². The zero-order valence-electron chi connectivity index (χ0n) is 28.8. The molecule has 2 N–H and O–H groups in total. The molecule has 0 spiro atoms. The number of quaternary nitrogens is 2. The summed E-state index contributed by atoms with van der Waals surface area (Å²) in [6.45, 7) is 30.0. The highest BCUT2D eigenvalue weighted by Gasteiger charge is 2.25. The normalized spacial score (nSPS) is 10.6. The van der Waals surface area contributed by atoms with Gasteiger partial charge in [-0.05, 0) is 51.4 Å². The Morgan fingerprint density at radius 3 is 0.525 bits per heavy atom. The molecule has 0 aliphatic carbocycles. The van der Waals surface area contributed by atoms with Crippen LogP contribution in [0.2, 0.25) is 0 Å². The largest absolute Gasteiger partial charge is 0.447 e. The Morgan fingerprint density at radius 2 is 0.450 bits per heavy atom. The summed E-state index contributed by atoms with van der Waals surface area (Å²) in [6.07, 6.45) is 22.1. The molecule has 0 saturated heterocycles. The van der Waals surface area contributed by atoms with Gasteiger partial charge in [-0.15, -0.1) is 0 Å². The topological polar surface area (TPSA) is 92.3 Å². The summed E-state index contributed by atoms with van der Waals surface area (Å²) in [6, 6.07) is 2.00. The first kappa shape index (κ1) is 45.7. The van der Waals surface area contributed by atoms with Gasteiger partial charge >= 0.3 is 0 Å². The predicted molar refractivity (Wildman–Crippen MR) is 181 cm³/mol. The van der Waals surface area contributed by atoms with E-state index in [0.29, 0.717) is 0 Å². The van der Waals surface area contributed by atoms with E-state index in [4.69, 9.17) is 21.6 Å². The molecule has 0 aliphatic rings. The highest BCUT2D eigenvalue weighted by atomic mass is 15.4. The maximum absolute atomic E-state index is 6.99. The Kier molecular flexibility index (Phi) is 43.0. The Bertz CT molecular complexity index is 414. The van der Waals surface area contributed by atoms with Gasteiger partial charge in [0.2, 0.25) is 0 Å². The van der Waals surface area contributed by atoms with Gasteiger partial charge in [0, 0.05) is 0 Å². The third-order valence-corrected chi connectivity index (χ3v) is 7.89. The highest BCUT2D eigenvalue weighted by Crippen LogP contribution is 2.17. The number of hydrogen-bond acceptors (Lipinski definition) is 2. The molecule has 0 amide bonds. The van der Waals surface area contributed by atoms with Gasteiger partial charge in [-0.3, -0.25) is 0 Å². The summed E-state index contributed by atoms with van der Waals surface area (Å²) in [4.78, 5) is 0. The minimum Gasteiger partial charge on any atom is -0.447 e. The smallest absolute Gasteiger partial charge is 0.0786 e. The molecular formula is C34H74N6. The van der Waals surface area contributed by atoms with E-state index in [1.165, 1.54) is 164 Å². The van der Waals surface area contributed by atoms with Gasteiger partial charge < -0.3 is 30.6 Å². The summed E-state index contributed by atoms with van der Waals surface area (Å²) in [7, 11) is 0. The lowest BCUT2D eigenvalue weighted by molar-refractivity contribution is -0.929. The summed E-state index contributed by atoms with van der Waals surface area (Å²) in [5.74, 6) is 0. The lowest BCUT2D eigenvalue weighted by Gasteiger charge is -2.39. The molecule has 0 rings (SSSR count). The summed E-state index contributed by atoms with van der Waals surface area (Å²) < 4.78 is 2.84. The minimum absolute atomic E-state index is 1.00. The molecule has 0 aliphatic heterocycles. The fraction of sp³-hybridized carbons (Fsp3) is 0.941. The van der Waals surface area contributed by atoms with E-state index >= 15 is 0 Å². The summed E-state index contributed by atoms with van der Waals surface area (Å²) in [5, 5.41) is 25.0. The van der Waals surface area contributed by atoms with Crippen molar-refractivity contribution in [1.29, 1.82) is 10.8 Å². The van der Waals surface area contributed by atoms with Crippen LogP contribution >= 0.6 is 0 Å². The quantitative estimate of drug-likeness (QED) is 0.0859.